The lowest BCUT2D eigenvalue weighted by atomic mass is 10.1. The predicted octanol–water partition coefficient (Wildman–Crippen LogP) is 2.25. The second kappa shape index (κ2) is 8.30. The van der Waals surface area contributed by atoms with Gasteiger partial charge in [-0.25, -0.2) is 13.1 Å². The Morgan fingerprint density at radius 1 is 1.21 bits per heavy atom. The highest BCUT2D eigenvalue weighted by atomic mass is 32.2. The molecule has 1 aromatic heterocycles. The number of nitrogens with zero attached hydrogens (tertiary/aromatic N) is 1. The summed E-state index contributed by atoms with van der Waals surface area (Å²) in [7, 11) is -3.20. The summed E-state index contributed by atoms with van der Waals surface area (Å²) in [5, 5.41) is 0. The highest BCUT2D eigenvalue weighted by Crippen LogP contribution is 2.27. The predicted molar refractivity (Wildman–Crippen MR) is 109 cm³/mol. The van der Waals surface area contributed by atoms with E-state index in [1.54, 1.807) is 0 Å². The standard InChI is InChI=1S/C21H26N2O5S/c1-29(25,26)22-18-7-6-15(8-18)13-28-21-14-27-19(9-20(21)24)12-23-10-16-4-2-3-5-17(16)11-23/h2-5,9,14-15,18,22H,6-8,10-13H2,1H3. The van der Waals surface area contributed by atoms with Gasteiger partial charge in [-0.3, -0.25) is 9.69 Å². The zero-order chi connectivity index (χ0) is 20.4. The van der Waals surface area contributed by atoms with Crippen LogP contribution in [0.2, 0.25) is 0 Å². The summed E-state index contributed by atoms with van der Waals surface area (Å²) in [6, 6.07) is 9.78. The Kier molecular flexibility index (Phi) is 5.76. The highest BCUT2D eigenvalue weighted by molar-refractivity contribution is 7.88. The summed E-state index contributed by atoms with van der Waals surface area (Å²) in [6.45, 7) is 2.66. The van der Waals surface area contributed by atoms with Gasteiger partial charge in [0.05, 0.1) is 19.4 Å². The normalized spacial score (nSPS) is 22.0. The number of nitrogens with one attached hydrogen (secondary N) is 1. The van der Waals surface area contributed by atoms with Gasteiger partial charge in [0.1, 0.15) is 12.0 Å². The van der Waals surface area contributed by atoms with Gasteiger partial charge in [0.15, 0.2) is 0 Å². The van der Waals surface area contributed by atoms with E-state index in [0.29, 0.717) is 25.3 Å². The lowest BCUT2D eigenvalue weighted by molar-refractivity contribution is 0.228. The summed E-state index contributed by atoms with van der Waals surface area (Å²) < 4.78 is 36.6. The molecular formula is C21H26N2O5S. The van der Waals surface area contributed by atoms with Gasteiger partial charge in [-0.2, -0.15) is 0 Å². The maximum absolute atomic E-state index is 12.4. The fourth-order valence-electron chi connectivity index (χ4n) is 4.21. The largest absolute Gasteiger partial charge is 0.486 e. The van der Waals surface area contributed by atoms with Crippen LogP contribution in [0.4, 0.5) is 0 Å². The Morgan fingerprint density at radius 3 is 2.59 bits per heavy atom. The second-order valence-electron chi connectivity index (χ2n) is 8.07. The fraction of sp³-hybridized carbons (Fsp3) is 0.476. The number of sulfonamides is 1. The van der Waals surface area contributed by atoms with Crippen LogP contribution in [0.3, 0.4) is 0 Å². The molecule has 0 radical (unpaired) electrons. The Labute approximate surface area is 170 Å². The lowest BCUT2D eigenvalue weighted by Gasteiger charge is -2.15. The molecule has 1 fully saturated rings. The van der Waals surface area contributed by atoms with Gasteiger partial charge in [-0.15, -0.1) is 0 Å². The van der Waals surface area contributed by atoms with Gasteiger partial charge < -0.3 is 9.15 Å². The average Bonchev–Trinajstić information content (AvgIpc) is 3.25. The van der Waals surface area contributed by atoms with Crippen LogP contribution in [0.15, 0.2) is 45.8 Å². The van der Waals surface area contributed by atoms with Crippen molar-refractivity contribution in [2.45, 2.75) is 44.9 Å². The molecule has 8 heteroatoms. The van der Waals surface area contributed by atoms with Crippen molar-refractivity contribution in [1.82, 2.24) is 9.62 Å². The molecular weight excluding hydrogens is 392 g/mol. The summed E-state index contributed by atoms with van der Waals surface area (Å²) in [5.74, 6) is 1.04. The number of rotatable bonds is 7. The molecule has 29 heavy (non-hydrogen) atoms. The molecule has 4 rings (SSSR count). The molecule has 7 nitrogen and oxygen atoms in total. The van der Waals surface area contributed by atoms with E-state index in [1.165, 1.54) is 29.7 Å². The van der Waals surface area contributed by atoms with Crippen molar-refractivity contribution in [2.75, 3.05) is 12.9 Å². The van der Waals surface area contributed by atoms with Gasteiger partial charge in [0, 0.05) is 25.2 Å². The molecule has 2 aromatic rings. The van der Waals surface area contributed by atoms with E-state index < -0.39 is 10.0 Å². The Balaban J connectivity index is 1.29. The van der Waals surface area contributed by atoms with E-state index in [0.717, 1.165) is 25.9 Å². The molecule has 2 aliphatic rings. The SMILES string of the molecule is CS(=O)(=O)NC1CCC(COc2coc(CN3Cc4ccccc4C3)cc2=O)C1. The van der Waals surface area contributed by atoms with Crippen LogP contribution in [-0.2, 0) is 29.7 Å². The van der Waals surface area contributed by atoms with E-state index in [1.807, 2.05) is 12.1 Å². The number of fused-ring (bicyclic) bond motifs is 1. The number of ether oxygens (including phenoxy) is 1. The van der Waals surface area contributed by atoms with Crippen LogP contribution in [0.5, 0.6) is 5.75 Å². The molecule has 0 amide bonds. The third-order valence-electron chi connectivity index (χ3n) is 5.53. The maximum atomic E-state index is 12.4. The first-order valence-corrected chi connectivity index (χ1v) is 11.8. The van der Waals surface area contributed by atoms with E-state index in [4.69, 9.17) is 9.15 Å². The molecule has 1 N–H and O–H groups in total. The minimum absolute atomic E-state index is 0.0537. The van der Waals surface area contributed by atoms with Gasteiger partial charge in [-0.1, -0.05) is 24.3 Å². The molecule has 1 aliphatic carbocycles. The molecule has 2 unspecified atom stereocenters. The zero-order valence-electron chi connectivity index (χ0n) is 16.5. The lowest BCUT2D eigenvalue weighted by Crippen LogP contribution is -2.32. The number of benzene rings is 1. The van der Waals surface area contributed by atoms with Gasteiger partial charge in [0.2, 0.25) is 21.2 Å². The summed E-state index contributed by atoms with van der Waals surface area (Å²) in [4.78, 5) is 14.6. The molecule has 1 aliphatic heterocycles. The van der Waals surface area contributed by atoms with Crippen LogP contribution in [0.1, 0.15) is 36.1 Å². The molecule has 0 saturated heterocycles. The Morgan fingerprint density at radius 2 is 1.93 bits per heavy atom. The first-order chi connectivity index (χ1) is 13.9. The first-order valence-electron chi connectivity index (χ1n) is 9.87. The summed E-state index contributed by atoms with van der Waals surface area (Å²) >= 11 is 0. The smallest absolute Gasteiger partial charge is 0.227 e. The molecule has 0 bridgehead atoms. The van der Waals surface area contributed by atoms with Crippen molar-refractivity contribution in [1.29, 1.82) is 0 Å². The van der Waals surface area contributed by atoms with Crippen molar-refractivity contribution in [3.63, 3.8) is 0 Å². The van der Waals surface area contributed by atoms with Crippen LogP contribution >= 0.6 is 0 Å². The van der Waals surface area contributed by atoms with Crippen LogP contribution < -0.4 is 14.9 Å². The Bertz CT molecular complexity index is 1010. The van der Waals surface area contributed by atoms with Crippen molar-refractivity contribution < 1.29 is 17.6 Å². The highest BCUT2D eigenvalue weighted by Gasteiger charge is 2.27. The second-order valence-corrected chi connectivity index (χ2v) is 9.85. The van der Waals surface area contributed by atoms with Crippen molar-refractivity contribution >= 4 is 10.0 Å². The molecule has 2 heterocycles. The Hall–Kier alpha value is -2.16. The molecule has 1 aromatic carbocycles. The molecule has 2 atom stereocenters. The van der Waals surface area contributed by atoms with E-state index in [-0.39, 0.29) is 23.1 Å². The molecule has 0 spiro atoms. The molecule has 156 valence electrons. The van der Waals surface area contributed by atoms with Crippen molar-refractivity contribution in [2.24, 2.45) is 5.92 Å². The zero-order valence-corrected chi connectivity index (χ0v) is 17.3. The quantitative estimate of drug-likeness (QED) is 0.742. The van der Waals surface area contributed by atoms with Crippen LogP contribution in [0, 0.1) is 5.92 Å². The number of hydrogen-bond donors (Lipinski definition) is 1. The van der Waals surface area contributed by atoms with Crippen LogP contribution in [0.25, 0.3) is 0 Å². The van der Waals surface area contributed by atoms with Crippen molar-refractivity contribution in [3.8, 4) is 5.75 Å². The van der Waals surface area contributed by atoms with Gasteiger partial charge >= 0.3 is 0 Å². The monoisotopic (exact) mass is 418 g/mol. The fourth-order valence-corrected chi connectivity index (χ4v) is 5.03. The van der Waals surface area contributed by atoms with Crippen LogP contribution in [-0.4, -0.2) is 32.2 Å². The molecule has 1 saturated carbocycles. The maximum Gasteiger partial charge on any atom is 0.227 e. The first kappa shape index (κ1) is 20.1. The number of hydrogen-bond acceptors (Lipinski definition) is 6. The van der Waals surface area contributed by atoms with Gasteiger partial charge in [-0.05, 0) is 36.3 Å². The van der Waals surface area contributed by atoms with E-state index in [9.17, 15) is 13.2 Å². The summed E-state index contributed by atoms with van der Waals surface area (Å²) in [5.41, 5.74) is 2.44. The third kappa shape index (κ3) is 5.26. The topological polar surface area (TPSA) is 88.8 Å². The van der Waals surface area contributed by atoms with E-state index in [2.05, 4.69) is 21.8 Å². The summed E-state index contributed by atoms with van der Waals surface area (Å²) in [6.07, 6.45) is 4.93. The minimum Gasteiger partial charge on any atom is -0.486 e. The van der Waals surface area contributed by atoms with Crippen molar-refractivity contribution in [3.05, 3.63) is 63.7 Å². The average molecular weight is 419 g/mol. The van der Waals surface area contributed by atoms with E-state index >= 15 is 0 Å². The van der Waals surface area contributed by atoms with Gasteiger partial charge in [0.25, 0.3) is 0 Å². The third-order valence-corrected chi connectivity index (χ3v) is 6.30. The minimum atomic E-state index is -3.20.